The number of urea groups is 1. The quantitative estimate of drug-likeness (QED) is 0.330. The minimum absolute atomic E-state index is 0.0301. The van der Waals surface area contributed by atoms with Crippen molar-refractivity contribution < 1.29 is 32.3 Å². The first-order chi connectivity index (χ1) is 16.7. The van der Waals surface area contributed by atoms with Gasteiger partial charge < -0.3 is 20.7 Å². The molecule has 0 fully saturated rings. The molecule has 2 aromatic carbocycles. The predicted molar refractivity (Wildman–Crippen MR) is 120 cm³/mol. The van der Waals surface area contributed by atoms with Crippen molar-refractivity contribution in [1.29, 1.82) is 0 Å². The summed E-state index contributed by atoms with van der Waals surface area (Å²) in [5, 5.41) is 11.5. The van der Waals surface area contributed by atoms with E-state index in [0.717, 1.165) is 6.20 Å². The van der Waals surface area contributed by atoms with Gasteiger partial charge in [-0.3, -0.25) is 4.79 Å². The van der Waals surface area contributed by atoms with E-state index < -0.39 is 29.4 Å². The van der Waals surface area contributed by atoms with Crippen LogP contribution in [0.2, 0.25) is 0 Å². The molecule has 0 spiro atoms. The highest BCUT2D eigenvalue weighted by Gasteiger charge is 2.41. The number of hydrogen-bond acceptors (Lipinski definition) is 5. The molecule has 35 heavy (non-hydrogen) atoms. The molecular weight excluding hydrogens is 467 g/mol. The van der Waals surface area contributed by atoms with Gasteiger partial charge in [0.1, 0.15) is 5.56 Å². The highest BCUT2D eigenvalue weighted by molar-refractivity contribution is 5.94. The number of amides is 3. The molecule has 0 radical (unpaired) electrons. The topological polar surface area (TPSA) is 114 Å². The van der Waals surface area contributed by atoms with E-state index in [1.54, 1.807) is 30.3 Å². The van der Waals surface area contributed by atoms with Crippen molar-refractivity contribution in [3.63, 3.8) is 0 Å². The second-order valence-corrected chi connectivity index (χ2v) is 7.09. The van der Waals surface area contributed by atoms with Gasteiger partial charge in [0.05, 0.1) is 18.5 Å². The molecule has 1 heterocycles. The van der Waals surface area contributed by atoms with Crippen LogP contribution in [0.1, 0.15) is 33.3 Å². The Hall–Kier alpha value is -4.35. The van der Waals surface area contributed by atoms with Crippen LogP contribution < -0.4 is 16.0 Å². The van der Waals surface area contributed by atoms with Crippen molar-refractivity contribution >= 4 is 23.6 Å². The van der Waals surface area contributed by atoms with Gasteiger partial charge in [0, 0.05) is 24.3 Å². The first-order valence-electron chi connectivity index (χ1n) is 10.5. The Bertz CT molecular complexity index is 1180. The lowest BCUT2D eigenvalue weighted by Gasteiger charge is -2.13. The monoisotopic (exact) mass is 489 g/mol. The van der Waals surface area contributed by atoms with Crippen molar-refractivity contribution in [1.82, 2.24) is 20.4 Å². The van der Waals surface area contributed by atoms with E-state index in [9.17, 15) is 27.6 Å². The number of rotatable bonds is 8. The van der Waals surface area contributed by atoms with Gasteiger partial charge >= 0.3 is 18.2 Å². The van der Waals surface area contributed by atoms with E-state index in [2.05, 4.69) is 25.8 Å². The average molecular weight is 489 g/mol. The molecule has 0 aliphatic heterocycles. The number of hydrogen-bond donors (Lipinski definition) is 3. The summed E-state index contributed by atoms with van der Waals surface area (Å²) in [5.74, 6) is -1.40. The summed E-state index contributed by atoms with van der Waals surface area (Å²) >= 11 is 0. The van der Waals surface area contributed by atoms with Crippen molar-refractivity contribution in [3.8, 4) is 5.69 Å². The Balaban J connectivity index is 1.58. The number of aromatic nitrogens is 2. The maximum atomic E-state index is 13.6. The molecule has 1 aromatic heterocycles. The van der Waals surface area contributed by atoms with E-state index >= 15 is 0 Å². The van der Waals surface area contributed by atoms with Crippen LogP contribution in [0.25, 0.3) is 5.69 Å². The zero-order valence-electron chi connectivity index (χ0n) is 18.6. The molecule has 184 valence electrons. The maximum Gasteiger partial charge on any atom is 0.434 e. The third-order valence-electron chi connectivity index (χ3n) is 4.63. The van der Waals surface area contributed by atoms with Gasteiger partial charge in [-0.05, 0) is 43.3 Å². The first kappa shape index (κ1) is 25.3. The summed E-state index contributed by atoms with van der Waals surface area (Å²) in [6.45, 7) is 1.76. The third kappa shape index (κ3) is 6.59. The fourth-order valence-electron chi connectivity index (χ4n) is 3.08. The van der Waals surface area contributed by atoms with Gasteiger partial charge in [0.25, 0.3) is 5.91 Å². The summed E-state index contributed by atoms with van der Waals surface area (Å²) in [5.41, 5.74) is -1.11. The second-order valence-electron chi connectivity index (χ2n) is 7.09. The summed E-state index contributed by atoms with van der Waals surface area (Å²) in [6.07, 6.45) is -4.05. The SMILES string of the molecule is CCOC(=O)c1cnn(-c2ccc(NC(=O)NCCNC(=O)c3ccccc3)cc2)c1C(F)(F)F. The molecule has 12 heteroatoms. The molecule has 0 unspecified atom stereocenters. The van der Waals surface area contributed by atoms with Gasteiger partial charge in [-0.25, -0.2) is 14.3 Å². The highest BCUT2D eigenvalue weighted by atomic mass is 19.4. The average Bonchev–Trinajstić information content (AvgIpc) is 3.29. The van der Waals surface area contributed by atoms with Gasteiger partial charge in [0.15, 0.2) is 5.69 Å². The standard InChI is InChI=1S/C23H22F3N5O4/c1-2-35-21(33)18-14-29-31(19(18)23(24,25)26)17-10-8-16(9-11-17)30-22(34)28-13-12-27-20(32)15-6-4-3-5-7-15/h3-11,14H,2,12-13H2,1H3,(H,27,32)(H2,28,30,34). The normalized spacial score (nSPS) is 11.0. The summed E-state index contributed by atoms with van der Waals surface area (Å²) in [6, 6.07) is 13.4. The first-order valence-corrected chi connectivity index (χ1v) is 10.5. The van der Waals surface area contributed by atoms with E-state index in [1.165, 1.54) is 31.2 Å². The van der Waals surface area contributed by atoms with E-state index in [-0.39, 0.29) is 31.3 Å². The van der Waals surface area contributed by atoms with Crippen molar-refractivity contribution in [3.05, 3.63) is 77.6 Å². The number of nitrogens with one attached hydrogen (secondary N) is 3. The van der Waals surface area contributed by atoms with Crippen LogP contribution in [-0.2, 0) is 10.9 Å². The number of halogens is 3. The smallest absolute Gasteiger partial charge is 0.434 e. The van der Waals surface area contributed by atoms with Gasteiger partial charge in [-0.1, -0.05) is 18.2 Å². The van der Waals surface area contributed by atoms with Crippen LogP contribution in [0, 0.1) is 0 Å². The predicted octanol–water partition coefficient (Wildman–Crippen LogP) is 3.62. The van der Waals surface area contributed by atoms with E-state index in [1.807, 2.05) is 0 Å². The third-order valence-corrected chi connectivity index (χ3v) is 4.63. The number of anilines is 1. The minimum Gasteiger partial charge on any atom is -0.462 e. The van der Waals surface area contributed by atoms with Crippen molar-refractivity contribution in [2.75, 3.05) is 25.0 Å². The molecule has 3 amide bonds. The second kappa shape index (κ2) is 11.2. The number of ether oxygens (including phenoxy) is 1. The molecule has 0 saturated carbocycles. The van der Waals surface area contributed by atoms with Crippen LogP contribution in [0.5, 0.6) is 0 Å². The van der Waals surface area contributed by atoms with Crippen LogP contribution in [0.15, 0.2) is 60.8 Å². The highest BCUT2D eigenvalue weighted by Crippen LogP contribution is 2.34. The largest absolute Gasteiger partial charge is 0.462 e. The van der Waals surface area contributed by atoms with E-state index in [0.29, 0.717) is 15.9 Å². The molecule has 0 bridgehead atoms. The minimum atomic E-state index is -4.86. The van der Waals surface area contributed by atoms with Crippen LogP contribution in [0.3, 0.4) is 0 Å². The fraction of sp³-hybridized carbons (Fsp3) is 0.217. The molecule has 0 atom stereocenters. The van der Waals surface area contributed by atoms with Crippen LogP contribution in [0.4, 0.5) is 23.7 Å². The number of benzene rings is 2. The number of carbonyl (C=O) groups is 3. The Morgan fingerprint density at radius 3 is 2.26 bits per heavy atom. The Kier molecular flexibility index (Phi) is 8.08. The molecule has 3 rings (SSSR count). The molecule has 3 aromatic rings. The van der Waals surface area contributed by atoms with Gasteiger partial charge in [0.2, 0.25) is 0 Å². The Morgan fingerprint density at radius 2 is 1.63 bits per heavy atom. The number of esters is 1. The van der Waals surface area contributed by atoms with Crippen molar-refractivity contribution in [2.45, 2.75) is 13.1 Å². The summed E-state index contributed by atoms with van der Waals surface area (Å²) in [4.78, 5) is 35.9. The lowest BCUT2D eigenvalue weighted by Crippen LogP contribution is -2.36. The maximum absolute atomic E-state index is 13.6. The number of alkyl halides is 3. The van der Waals surface area contributed by atoms with Gasteiger partial charge in [-0.2, -0.15) is 18.3 Å². The molecule has 0 saturated heterocycles. The lowest BCUT2D eigenvalue weighted by atomic mass is 10.2. The fourth-order valence-corrected chi connectivity index (χ4v) is 3.08. The number of nitrogens with zero attached hydrogens (tertiary/aromatic N) is 2. The van der Waals surface area contributed by atoms with Gasteiger partial charge in [-0.15, -0.1) is 0 Å². The molecule has 0 aliphatic carbocycles. The summed E-state index contributed by atoms with van der Waals surface area (Å²) in [7, 11) is 0. The lowest BCUT2D eigenvalue weighted by molar-refractivity contribution is -0.143. The van der Waals surface area contributed by atoms with Crippen LogP contribution >= 0.6 is 0 Å². The zero-order chi connectivity index (χ0) is 25.4. The van der Waals surface area contributed by atoms with Crippen molar-refractivity contribution in [2.24, 2.45) is 0 Å². The Morgan fingerprint density at radius 1 is 0.971 bits per heavy atom. The van der Waals surface area contributed by atoms with E-state index in [4.69, 9.17) is 0 Å². The zero-order valence-corrected chi connectivity index (χ0v) is 18.6. The molecule has 0 aliphatic rings. The summed E-state index contributed by atoms with van der Waals surface area (Å²) < 4.78 is 46.1. The number of carbonyl (C=O) groups excluding carboxylic acids is 3. The van der Waals surface area contributed by atoms with Crippen LogP contribution in [-0.4, -0.2) is 47.4 Å². The molecule has 9 nitrogen and oxygen atoms in total. The Labute approximate surface area is 198 Å². The molecular formula is C23H22F3N5O4. The molecule has 3 N–H and O–H groups in total.